The summed E-state index contributed by atoms with van der Waals surface area (Å²) < 4.78 is 19.9. The number of thiol groups is 1. The normalized spacial score (nSPS) is 10.4. The topological polar surface area (TPSA) is 63.2 Å². The van der Waals surface area contributed by atoms with Crippen LogP contribution in [0.2, 0.25) is 0 Å². The van der Waals surface area contributed by atoms with Gasteiger partial charge in [0.05, 0.1) is 0 Å². The Morgan fingerprint density at radius 2 is 2.00 bits per heavy atom. The van der Waals surface area contributed by atoms with E-state index < -0.39 is 10.7 Å². The molecule has 1 N–H and O–H groups in total. The Balaban J connectivity index is 3.60. The number of carbonyl (C=O) groups excluding carboxylic acids is 1. The Morgan fingerprint density at radius 1 is 1.50 bits per heavy atom. The molecule has 0 heterocycles. The molecule has 0 aliphatic carbocycles. The van der Waals surface area contributed by atoms with E-state index in [0.29, 0.717) is 0 Å². The van der Waals surface area contributed by atoms with Crippen LogP contribution >= 0.6 is 0 Å². The van der Waals surface area contributed by atoms with Gasteiger partial charge in [0.25, 0.3) is 0 Å². The van der Waals surface area contributed by atoms with E-state index in [4.69, 9.17) is 0 Å². The van der Waals surface area contributed by atoms with Gasteiger partial charge in [-0.2, -0.15) is 0 Å². The summed E-state index contributed by atoms with van der Waals surface area (Å²) in [6.07, 6.45) is 0. The highest BCUT2D eigenvalue weighted by Gasteiger charge is 2.04. The van der Waals surface area contributed by atoms with E-state index in [0.717, 1.165) is 0 Å². The second-order valence-electron chi connectivity index (χ2n) is 2.19. The van der Waals surface area contributed by atoms with Gasteiger partial charge in [0.15, 0.2) is 10.7 Å². The molecule has 10 heavy (non-hydrogen) atoms. The fourth-order valence-corrected chi connectivity index (χ4v) is 0.632. The Bertz CT molecular complexity index is 177. The van der Waals surface area contributed by atoms with Gasteiger partial charge >= 0.3 is 0 Å². The minimum atomic E-state index is -2.49. The quantitative estimate of drug-likeness (QED) is 0.545. The van der Waals surface area contributed by atoms with Gasteiger partial charge in [-0.1, -0.05) is 13.8 Å². The average Bonchev–Trinajstić information content (AvgIpc) is 1.82. The third-order valence-electron chi connectivity index (χ3n) is 0.907. The SMILES string of the molecule is CC(C)C(=O)NC[SH](=O)=O. The second kappa shape index (κ2) is 4.27. The molecule has 0 saturated heterocycles. The molecule has 0 rings (SSSR count). The van der Waals surface area contributed by atoms with Crippen molar-refractivity contribution in [2.75, 3.05) is 5.88 Å². The van der Waals surface area contributed by atoms with Crippen molar-refractivity contribution in [3.8, 4) is 0 Å². The summed E-state index contributed by atoms with van der Waals surface area (Å²) in [4.78, 5) is 10.7. The molecule has 0 aromatic carbocycles. The summed E-state index contributed by atoms with van der Waals surface area (Å²) in [6.45, 7) is 3.40. The molecule has 0 saturated carbocycles. The molecule has 0 spiro atoms. The lowest BCUT2D eigenvalue weighted by Gasteiger charge is -2.02. The molecule has 0 aliphatic rings. The highest BCUT2D eigenvalue weighted by Crippen LogP contribution is 1.88. The molecule has 0 atom stereocenters. The monoisotopic (exact) mass is 165 g/mol. The maximum Gasteiger partial charge on any atom is 0.223 e. The predicted octanol–water partition coefficient (Wildman–Crippen LogP) is -0.673. The van der Waals surface area contributed by atoms with Crippen molar-refractivity contribution >= 4 is 16.6 Å². The number of hydrogen-bond acceptors (Lipinski definition) is 3. The van der Waals surface area contributed by atoms with Gasteiger partial charge in [-0.25, -0.2) is 8.42 Å². The van der Waals surface area contributed by atoms with Crippen molar-refractivity contribution < 1.29 is 13.2 Å². The fourth-order valence-electron chi connectivity index (χ4n) is 0.347. The van der Waals surface area contributed by atoms with Gasteiger partial charge < -0.3 is 5.32 Å². The second-order valence-corrected chi connectivity index (χ2v) is 3.17. The number of nitrogens with one attached hydrogen (secondary N) is 1. The molecular weight excluding hydrogens is 154 g/mol. The molecule has 0 bridgehead atoms. The number of hydrogen-bond donors (Lipinski definition) is 2. The van der Waals surface area contributed by atoms with E-state index in [1.165, 1.54) is 0 Å². The first-order valence-corrected chi connectivity index (χ1v) is 4.30. The van der Waals surface area contributed by atoms with Crippen LogP contribution in [0.1, 0.15) is 13.8 Å². The minimum Gasteiger partial charge on any atom is -0.342 e. The molecular formula is C5H11NO3S. The van der Waals surface area contributed by atoms with Crippen molar-refractivity contribution in [2.45, 2.75) is 13.8 Å². The number of amides is 1. The van der Waals surface area contributed by atoms with Crippen molar-refractivity contribution in [3.05, 3.63) is 0 Å². The van der Waals surface area contributed by atoms with Gasteiger partial charge in [0.2, 0.25) is 5.91 Å². The fraction of sp³-hybridized carbons (Fsp3) is 0.800. The van der Waals surface area contributed by atoms with Crippen LogP contribution in [0.25, 0.3) is 0 Å². The molecule has 5 heteroatoms. The summed E-state index contributed by atoms with van der Waals surface area (Å²) in [5.74, 6) is -0.652. The van der Waals surface area contributed by atoms with Crippen molar-refractivity contribution in [2.24, 2.45) is 5.92 Å². The lowest BCUT2D eigenvalue weighted by Crippen LogP contribution is -2.28. The van der Waals surface area contributed by atoms with Crippen molar-refractivity contribution in [3.63, 3.8) is 0 Å². The van der Waals surface area contributed by atoms with Crippen LogP contribution in [-0.2, 0) is 15.5 Å². The molecule has 0 aliphatic heterocycles. The van der Waals surface area contributed by atoms with Crippen LogP contribution in [-0.4, -0.2) is 20.2 Å². The molecule has 0 radical (unpaired) electrons. The molecule has 0 unspecified atom stereocenters. The molecule has 1 amide bonds. The smallest absolute Gasteiger partial charge is 0.223 e. The zero-order valence-corrected chi connectivity index (χ0v) is 6.85. The first-order chi connectivity index (χ1) is 4.54. The summed E-state index contributed by atoms with van der Waals surface area (Å²) in [7, 11) is -2.49. The summed E-state index contributed by atoms with van der Waals surface area (Å²) >= 11 is 0. The van der Waals surface area contributed by atoms with E-state index in [2.05, 4.69) is 5.32 Å². The van der Waals surface area contributed by atoms with Gasteiger partial charge in [-0.05, 0) is 0 Å². The zero-order chi connectivity index (χ0) is 8.15. The first-order valence-electron chi connectivity index (χ1n) is 2.93. The van der Waals surface area contributed by atoms with E-state index in [1.807, 2.05) is 0 Å². The molecule has 0 aromatic rings. The highest BCUT2D eigenvalue weighted by molar-refractivity contribution is 7.72. The Morgan fingerprint density at radius 3 is 2.30 bits per heavy atom. The zero-order valence-electron chi connectivity index (χ0n) is 5.96. The lowest BCUT2D eigenvalue weighted by molar-refractivity contribution is -0.123. The van der Waals surface area contributed by atoms with E-state index in [1.54, 1.807) is 13.8 Å². The van der Waals surface area contributed by atoms with Crippen LogP contribution in [0.15, 0.2) is 0 Å². The molecule has 0 fully saturated rings. The maximum atomic E-state index is 10.7. The third kappa shape index (κ3) is 4.31. The summed E-state index contributed by atoms with van der Waals surface area (Å²) in [5.41, 5.74) is 0. The Labute approximate surface area is 61.6 Å². The van der Waals surface area contributed by atoms with Crippen LogP contribution in [0.4, 0.5) is 0 Å². The largest absolute Gasteiger partial charge is 0.342 e. The van der Waals surface area contributed by atoms with Crippen molar-refractivity contribution in [1.82, 2.24) is 5.32 Å². The predicted molar refractivity (Wildman–Crippen MR) is 38.2 cm³/mol. The van der Waals surface area contributed by atoms with Crippen LogP contribution < -0.4 is 5.32 Å². The summed E-state index contributed by atoms with van der Waals surface area (Å²) in [5, 5.41) is 2.25. The van der Waals surface area contributed by atoms with Gasteiger partial charge in [-0.15, -0.1) is 0 Å². The van der Waals surface area contributed by atoms with E-state index >= 15 is 0 Å². The molecule has 4 nitrogen and oxygen atoms in total. The van der Waals surface area contributed by atoms with Crippen LogP contribution in [0, 0.1) is 5.92 Å². The number of rotatable bonds is 3. The minimum absolute atomic E-state index is 0.157. The molecule has 0 aromatic heterocycles. The lowest BCUT2D eigenvalue weighted by atomic mass is 10.2. The number of carbonyl (C=O) groups is 1. The van der Waals surface area contributed by atoms with Crippen molar-refractivity contribution in [1.29, 1.82) is 0 Å². The van der Waals surface area contributed by atoms with Crippen LogP contribution in [0.5, 0.6) is 0 Å². The first kappa shape index (κ1) is 9.42. The standard InChI is InChI=1S/C5H11NO3S/c1-4(2)5(7)6-3-10(8)9/h4,10H,3H2,1-2H3,(H,6,7). The molecule has 60 valence electrons. The Hall–Kier alpha value is -0.580. The maximum absolute atomic E-state index is 10.7. The average molecular weight is 165 g/mol. The van der Waals surface area contributed by atoms with Gasteiger partial charge in [-0.3, -0.25) is 4.79 Å². The van der Waals surface area contributed by atoms with Crippen LogP contribution in [0.3, 0.4) is 0 Å². The van der Waals surface area contributed by atoms with Gasteiger partial charge in [0.1, 0.15) is 5.88 Å². The summed E-state index contributed by atoms with van der Waals surface area (Å²) in [6, 6.07) is 0. The van der Waals surface area contributed by atoms with Gasteiger partial charge in [0, 0.05) is 5.92 Å². The highest BCUT2D eigenvalue weighted by atomic mass is 32.2. The Kier molecular flexibility index (Phi) is 4.02. The van der Waals surface area contributed by atoms with E-state index in [9.17, 15) is 13.2 Å². The third-order valence-corrected chi connectivity index (χ3v) is 1.32. The van der Waals surface area contributed by atoms with E-state index in [-0.39, 0.29) is 17.7 Å².